The number of carbonyl (C=O) groups excluding carboxylic acids is 2. The summed E-state index contributed by atoms with van der Waals surface area (Å²) in [6, 6.07) is 0. The van der Waals surface area contributed by atoms with E-state index in [1.807, 2.05) is 13.8 Å². The standard InChI is InChI=1S/C11H18O4.H3N/c1-8(2)7-10(12)14-5-6-15-11(13)9(3)4;/h8H,3,5-7H2,1-2,4H3;1H3. The zero-order chi connectivity index (χ0) is 11.8. The quantitative estimate of drug-likeness (QED) is 0.428. The summed E-state index contributed by atoms with van der Waals surface area (Å²) in [5.41, 5.74) is 0.337. The monoisotopic (exact) mass is 231 g/mol. The first kappa shape index (κ1) is 17.0. The Morgan fingerprint density at radius 1 is 1.19 bits per heavy atom. The molecular formula is C11H21NO4. The molecule has 0 aliphatic carbocycles. The Hall–Kier alpha value is -1.36. The van der Waals surface area contributed by atoms with Crippen molar-refractivity contribution in [1.82, 2.24) is 6.15 Å². The van der Waals surface area contributed by atoms with Gasteiger partial charge in [-0.05, 0) is 12.8 Å². The Morgan fingerprint density at radius 3 is 2.12 bits per heavy atom. The molecule has 0 aliphatic heterocycles. The highest BCUT2D eigenvalue weighted by Gasteiger charge is 2.07. The van der Waals surface area contributed by atoms with E-state index in [9.17, 15) is 9.59 Å². The first-order chi connectivity index (χ1) is 6.93. The molecule has 0 rings (SSSR count). The summed E-state index contributed by atoms with van der Waals surface area (Å²) in [7, 11) is 0. The van der Waals surface area contributed by atoms with Crippen molar-refractivity contribution in [2.75, 3.05) is 13.2 Å². The smallest absolute Gasteiger partial charge is 0.333 e. The van der Waals surface area contributed by atoms with E-state index in [-0.39, 0.29) is 31.3 Å². The van der Waals surface area contributed by atoms with Gasteiger partial charge >= 0.3 is 11.9 Å². The third kappa shape index (κ3) is 9.21. The molecule has 0 aliphatic rings. The van der Waals surface area contributed by atoms with Gasteiger partial charge in [-0.2, -0.15) is 0 Å². The van der Waals surface area contributed by atoms with Crippen LogP contribution in [0.3, 0.4) is 0 Å². The van der Waals surface area contributed by atoms with Gasteiger partial charge in [-0.15, -0.1) is 0 Å². The first-order valence-electron chi connectivity index (χ1n) is 4.91. The van der Waals surface area contributed by atoms with Crippen LogP contribution >= 0.6 is 0 Å². The van der Waals surface area contributed by atoms with Crippen LogP contribution in [0.4, 0.5) is 0 Å². The molecule has 0 aromatic rings. The normalized spacial score (nSPS) is 9.25. The molecule has 0 heterocycles. The van der Waals surface area contributed by atoms with Crippen molar-refractivity contribution >= 4 is 11.9 Å². The van der Waals surface area contributed by atoms with E-state index < -0.39 is 5.97 Å². The maximum atomic E-state index is 11.1. The molecule has 0 bridgehead atoms. The Labute approximate surface area is 96.4 Å². The van der Waals surface area contributed by atoms with E-state index in [1.165, 1.54) is 0 Å². The fourth-order valence-electron chi connectivity index (χ4n) is 0.805. The molecule has 0 aromatic carbocycles. The van der Waals surface area contributed by atoms with Crippen molar-refractivity contribution in [2.45, 2.75) is 27.2 Å². The maximum absolute atomic E-state index is 11.1. The minimum absolute atomic E-state index is 0. The SMILES string of the molecule is C=C(C)C(=O)OCCOC(=O)CC(C)C.N. The molecule has 0 saturated heterocycles. The predicted molar refractivity (Wildman–Crippen MR) is 61.2 cm³/mol. The van der Waals surface area contributed by atoms with E-state index in [0.29, 0.717) is 12.0 Å². The minimum Gasteiger partial charge on any atom is -0.462 e. The van der Waals surface area contributed by atoms with Gasteiger partial charge in [0.05, 0.1) is 0 Å². The molecule has 94 valence electrons. The van der Waals surface area contributed by atoms with Gasteiger partial charge < -0.3 is 15.6 Å². The van der Waals surface area contributed by atoms with E-state index in [1.54, 1.807) is 6.92 Å². The van der Waals surface area contributed by atoms with Crippen LogP contribution in [0.5, 0.6) is 0 Å². The van der Waals surface area contributed by atoms with Gasteiger partial charge in [-0.3, -0.25) is 4.79 Å². The Balaban J connectivity index is 0. The van der Waals surface area contributed by atoms with E-state index in [2.05, 4.69) is 6.58 Å². The van der Waals surface area contributed by atoms with E-state index >= 15 is 0 Å². The van der Waals surface area contributed by atoms with Crippen molar-refractivity contribution in [2.24, 2.45) is 5.92 Å². The lowest BCUT2D eigenvalue weighted by Crippen LogP contribution is -2.15. The van der Waals surface area contributed by atoms with Crippen LogP contribution in [-0.4, -0.2) is 25.2 Å². The molecule has 0 spiro atoms. The van der Waals surface area contributed by atoms with Gasteiger partial charge in [0.2, 0.25) is 0 Å². The highest BCUT2D eigenvalue weighted by Crippen LogP contribution is 2.00. The number of hydrogen-bond donors (Lipinski definition) is 1. The van der Waals surface area contributed by atoms with Crippen molar-refractivity contribution < 1.29 is 19.1 Å². The fourth-order valence-corrected chi connectivity index (χ4v) is 0.805. The predicted octanol–water partition coefficient (Wildman–Crippen LogP) is 1.86. The van der Waals surface area contributed by atoms with Crippen molar-refractivity contribution in [3.05, 3.63) is 12.2 Å². The zero-order valence-corrected chi connectivity index (χ0v) is 10.2. The van der Waals surface area contributed by atoms with Crippen LogP contribution < -0.4 is 6.15 Å². The van der Waals surface area contributed by atoms with Gasteiger partial charge in [0.15, 0.2) is 0 Å². The summed E-state index contributed by atoms with van der Waals surface area (Å²) in [6.07, 6.45) is 0.383. The van der Waals surface area contributed by atoms with Gasteiger partial charge in [0.1, 0.15) is 13.2 Å². The van der Waals surface area contributed by atoms with E-state index in [4.69, 9.17) is 9.47 Å². The molecule has 0 aromatic heterocycles. The molecule has 0 radical (unpaired) electrons. The van der Waals surface area contributed by atoms with Gasteiger partial charge in [-0.1, -0.05) is 20.4 Å². The van der Waals surface area contributed by atoms with Crippen molar-refractivity contribution in [3.8, 4) is 0 Å². The Morgan fingerprint density at radius 2 is 1.69 bits per heavy atom. The third-order valence-corrected chi connectivity index (χ3v) is 1.50. The summed E-state index contributed by atoms with van der Waals surface area (Å²) >= 11 is 0. The highest BCUT2D eigenvalue weighted by molar-refractivity contribution is 5.86. The maximum Gasteiger partial charge on any atom is 0.333 e. The molecule has 5 heteroatoms. The molecule has 0 unspecified atom stereocenters. The Kier molecular flexibility index (Phi) is 9.49. The number of carbonyl (C=O) groups is 2. The average molecular weight is 231 g/mol. The summed E-state index contributed by atoms with van der Waals surface area (Å²) in [5, 5.41) is 0. The lowest BCUT2D eigenvalue weighted by molar-refractivity contribution is -0.150. The largest absolute Gasteiger partial charge is 0.462 e. The second kappa shape index (κ2) is 8.91. The average Bonchev–Trinajstić information content (AvgIpc) is 2.10. The first-order valence-corrected chi connectivity index (χ1v) is 4.91. The number of esters is 2. The molecule has 0 amide bonds. The Bertz CT molecular complexity index is 248. The molecule has 16 heavy (non-hydrogen) atoms. The zero-order valence-electron chi connectivity index (χ0n) is 10.2. The lowest BCUT2D eigenvalue weighted by atomic mass is 10.1. The van der Waals surface area contributed by atoms with Crippen LogP contribution in [0.15, 0.2) is 12.2 Å². The van der Waals surface area contributed by atoms with Gasteiger partial charge in [0.25, 0.3) is 0 Å². The molecule has 0 atom stereocenters. The molecule has 5 nitrogen and oxygen atoms in total. The summed E-state index contributed by atoms with van der Waals surface area (Å²) in [4.78, 5) is 22.0. The summed E-state index contributed by atoms with van der Waals surface area (Å²) < 4.78 is 9.58. The summed E-state index contributed by atoms with van der Waals surface area (Å²) in [6.45, 7) is 9.04. The number of hydrogen-bond acceptors (Lipinski definition) is 5. The van der Waals surface area contributed by atoms with Crippen LogP contribution in [0.2, 0.25) is 0 Å². The van der Waals surface area contributed by atoms with Crippen LogP contribution in [0, 0.1) is 5.92 Å². The highest BCUT2D eigenvalue weighted by atomic mass is 16.6. The van der Waals surface area contributed by atoms with E-state index in [0.717, 1.165) is 0 Å². The van der Waals surface area contributed by atoms with Gasteiger partial charge in [-0.25, -0.2) is 4.79 Å². The van der Waals surface area contributed by atoms with Crippen molar-refractivity contribution in [3.63, 3.8) is 0 Å². The summed E-state index contributed by atoms with van der Waals surface area (Å²) in [5.74, 6) is -0.457. The molecular weight excluding hydrogens is 210 g/mol. The lowest BCUT2D eigenvalue weighted by Gasteiger charge is -2.07. The van der Waals surface area contributed by atoms with Crippen LogP contribution in [0.25, 0.3) is 0 Å². The molecule has 0 fully saturated rings. The molecule has 0 saturated carbocycles. The molecule has 3 N–H and O–H groups in total. The number of rotatable bonds is 6. The van der Waals surface area contributed by atoms with Crippen LogP contribution in [-0.2, 0) is 19.1 Å². The second-order valence-electron chi connectivity index (χ2n) is 3.73. The minimum atomic E-state index is -0.463. The van der Waals surface area contributed by atoms with Crippen LogP contribution in [0.1, 0.15) is 27.2 Å². The second-order valence-corrected chi connectivity index (χ2v) is 3.73. The number of ether oxygens (including phenoxy) is 2. The third-order valence-electron chi connectivity index (χ3n) is 1.50. The fraction of sp³-hybridized carbons (Fsp3) is 0.636. The topological polar surface area (TPSA) is 87.6 Å². The van der Waals surface area contributed by atoms with Gasteiger partial charge in [0, 0.05) is 12.0 Å². The van der Waals surface area contributed by atoms with Crippen molar-refractivity contribution in [1.29, 1.82) is 0 Å².